The van der Waals surface area contributed by atoms with E-state index in [9.17, 15) is 9.59 Å². The first-order valence-corrected chi connectivity index (χ1v) is 5.45. The Bertz CT molecular complexity index is 244. The van der Waals surface area contributed by atoms with Crippen LogP contribution in [0.15, 0.2) is 0 Å². The maximum absolute atomic E-state index is 11.1. The molecule has 0 fully saturated rings. The second-order valence-electron chi connectivity index (χ2n) is 3.90. The number of ether oxygens (including phenoxy) is 1. The summed E-state index contributed by atoms with van der Waals surface area (Å²) in [7, 11) is 1.32. The van der Waals surface area contributed by atoms with Gasteiger partial charge in [-0.25, -0.2) is 0 Å². The standard InChI is InChI=1S/C9H17BrN2O3/c1-9(2,4-7(11)13)12-5-6(10)8(14)15-3/h6,12H,4-5H2,1-3H3,(H2,11,13). The van der Waals surface area contributed by atoms with Crippen LogP contribution >= 0.6 is 15.9 Å². The number of alkyl halides is 1. The first-order valence-electron chi connectivity index (χ1n) is 4.54. The highest BCUT2D eigenvalue weighted by Crippen LogP contribution is 2.09. The minimum Gasteiger partial charge on any atom is -0.468 e. The van der Waals surface area contributed by atoms with Crippen LogP contribution in [-0.4, -0.2) is 35.9 Å². The van der Waals surface area contributed by atoms with Gasteiger partial charge in [0.25, 0.3) is 0 Å². The van der Waals surface area contributed by atoms with Crippen LogP contribution < -0.4 is 11.1 Å². The molecule has 0 aromatic carbocycles. The highest BCUT2D eigenvalue weighted by molar-refractivity contribution is 9.10. The predicted molar refractivity (Wildman–Crippen MR) is 60.6 cm³/mol. The SMILES string of the molecule is COC(=O)C(Br)CNC(C)(C)CC(N)=O. The lowest BCUT2D eigenvalue weighted by Crippen LogP contribution is -2.46. The molecule has 0 aromatic rings. The number of methoxy groups -OCH3 is 1. The van der Waals surface area contributed by atoms with Crippen molar-refractivity contribution in [3.63, 3.8) is 0 Å². The number of esters is 1. The van der Waals surface area contributed by atoms with Gasteiger partial charge in [-0.1, -0.05) is 15.9 Å². The summed E-state index contributed by atoms with van der Waals surface area (Å²) < 4.78 is 4.54. The molecule has 0 aliphatic carbocycles. The van der Waals surface area contributed by atoms with Gasteiger partial charge in [0.05, 0.1) is 7.11 Å². The van der Waals surface area contributed by atoms with Crippen LogP contribution in [0, 0.1) is 0 Å². The molecule has 0 heterocycles. The zero-order valence-corrected chi connectivity index (χ0v) is 10.8. The van der Waals surface area contributed by atoms with E-state index in [1.54, 1.807) is 0 Å². The van der Waals surface area contributed by atoms with Gasteiger partial charge in [-0.2, -0.15) is 0 Å². The average molecular weight is 281 g/mol. The van der Waals surface area contributed by atoms with Gasteiger partial charge in [0.2, 0.25) is 5.91 Å². The average Bonchev–Trinajstić information content (AvgIpc) is 2.11. The number of primary amides is 1. The van der Waals surface area contributed by atoms with E-state index in [1.807, 2.05) is 13.8 Å². The number of nitrogens with two attached hydrogens (primary N) is 1. The molecule has 1 unspecified atom stereocenters. The van der Waals surface area contributed by atoms with Gasteiger partial charge < -0.3 is 15.8 Å². The van der Waals surface area contributed by atoms with Gasteiger partial charge in [-0.15, -0.1) is 0 Å². The van der Waals surface area contributed by atoms with Crippen molar-refractivity contribution in [3.05, 3.63) is 0 Å². The normalized spacial score (nSPS) is 13.3. The molecular formula is C9H17BrN2O3. The number of hydrogen-bond donors (Lipinski definition) is 2. The Morgan fingerprint density at radius 1 is 1.53 bits per heavy atom. The molecule has 0 bridgehead atoms. The van der Waals surface area contributed by atoms with Gasteiger partial charge in [0, 0.05) is 18.5 Å². The Labute approximate surface area is 97.9 Å². The number of carbonyl (C=O) groups is 2. The molecule has 0 saturated heterocycles. The van der Waals surface area contributed by atoms with E-state index in [0.29, 0.717) is 6.54 Å². The highest BCUT2D eigenvalue weighted by atomic mass is 79.9. The molecule has 0 aromatic heterocycles. The van der Waals surface area contributed by atoms with Crippen molar-refractivity contribution in [1.82, 2.24) is 5.32 Å². The van der Waals surface area contributed by atoms with E-state index in [2.05, 4.69) is 26.0 Å². The third-order valence-electron chi connectivity index (χ3n) is 1.83. The number of rotatable bonds is 6. The Morgan fingerprint density at radius 2 is 2.07 bits per heavy atom. The Balaban J connectivity index is 4.02. The smallest absolute Gasteiger partial charge is 0.320 e. The monoisotopic (exact) mass is 280 g/mol. The summed E-state index contributed by atoms with van der Waals surface area (Å²) in [6, 6.07) is 0. The topological polar surface area (TPSA) is 81.4 Å². The predicted octanol–water partition coefficient (Wildman–Crippen LogP) is 0.166. The number of nitrogens with one attached hydrogen (secondary N) is 1. The molecule has 0 aliphatic heterocycles. The Kier molecular flexibility index (Phi) is 5.82. The van der Waals surface area contributed by atoms with Crippen molar-refractivity contribution in [2.24, 2.45) is 5.73 Å². The quantitative estimate of drug-likeness (QED) is 0.537. The fourth-order valence-electron chi connectivity index (χ4n) is 1.08. The number of halogens is 1. The van der Waals surface area contributed by atoms with Gasteiger partial charge in [0.15, 0.2) is 0 Å². The Hall–Kier alpha value is -0.620. The fraction of sp³-hybridized carbons (Fsp3) is 0.778. The van der Waals surface area contributed by atoms with Crippen molar-refractivity contribution in [2.45, 2.75) is 30.6 Å². The van der Waals surface area contributed by atoms with E-state index in [4.69, 9.17) is 5.73 Å². The summed E-state index contributed by atoms with van der Waals surface area (Å²) in [5, 5.41) is 3.06. The first-order chi connectivity index (χ1) is 6.78. The molecular weight excluding hydrogens is 264 g/mol. The van der Waals surface area contributed by atoms with Crippen molar-refractivity contribution in [1.29, 1.82) is 0 Å². The minimum atomic E-state index is -0.425. The van der Waals surface area contributed by atoms with Crippen molar-refractivity contribution in [3.8, 4) is 0 Å². The first kappa shape index (κ1) is 14.4. The molecule has 5 nitrogen and oxygen atoms in total. The van der Waals surface area contributed by atoms with Crippen LogP contribution in [-0.2, 0) is 14.3 Å². The molecule has 0 aliphatic rings. The summed E-state index contributed by atoms with van der Waals surface area (Å²) in [6.07, 6.45) is 0.216. The van der Waals surface area contributed by atoms with Crippen molar-refractivity contribution < 1.29 is 14.3 Å². The fourth-order valence-corrected chi connectivity index (χ4v) is 1.42. The number of hydrogen-bond acceptors (Lipinski definition) is 4. The zero-order valence-electron chi connectivity index (χ0n) is 9.17. The lowest BCUT2D eigenvalue weighted by molar-refractivity contribution is -0.139. The van der Waals surface area contributed by atoms with Crippen molar-refractivity contribution in [2.75, 3.05) is 13.7 Å². The Morgan fingerprint density at radius 3 is 2.47 bits per heavy atom. The molecule has 15 heavy (non-hydrogen) atoms. The second kappa shape index (κ2) is 6.07. The summed E-state index contributed by atoms with van der Waals surface area (Å²) in [4.78, 5) is 21.4. The molecule has 0 radical (unpaired) electrons. The third kappa shape index (κ3) is 6.46. The van der Waals surface area contributed by atoms with E-state index in [1.165, 1.54) is 7.11 Å². The van der Waals surface area contributed by atoms with Crippen LogP contribution in [0.4, 0.5) is 0 Å². The number of carbonyl (C=O) groups excluding carboxylic acids is 2. The molecule has 3 N–H and O–H groups in total. The van der Waals surface area contributed by atoms with Gasteiger partial charge >= 0.3 is 5.97 Å². The maximum atomic E-state index is 11.1. The molecule has 88 valence electrons. The van der Waals surface area contributed by atoms with Gasteiger partial charge in [-0.3, -0.25) is 9.59 Å². The summed E-state index contributed by atoms with van der Waals surface area (Å²) in [6.45, 7) is 4.07. The van der Waals surface area contributed by atoms with Crippen LogP contribution in [0.1, 0.15) is 20.3 Å². The van der Waals surface area contributed by atoms with Crippen LogP contribution in [0.3, 0.4) is 0 Å². The van der Waals surface area contributed by atoms with E-state index >= 15 is 0 Å². The molecule has 1 amide bonds. The minimum absolute atomic E-state index is 0.216. The van der Waals surface area contributed by atoms with Crippen molar-refractivity contribution >= 4 is 27.8 Å². The number of amides is 1. The summed E-state index contributed by atoms with van der Waals surface area (Å²) >= 11 is 3.17. The van der Waals surface area contributed by atoms with Crippen LogP contribution in [0.25, 0.3) is 0 Å². The molecule has 6 heteroatoms. The largest absolute Gasteiger partial charge is 0.468 e. The van der Waals surface area contributed by atoms with Crippen LogP contribution in [0.5, 0.6) is 0 Å². The zero-order chi connectivity index (χ0) is 12.1. The highest BCUT2D eigenvalue weighted by Gasteiger charge is 2.23. The molecule has 0 saturated carbocycles. The molecule has 1 atom stereocenters. The lowest BCUT2D eigenvalue weighted by Gasteiger charge is -2.25. The van der Waals surface area contributed by atoms with E-state index in [-0.39, 0.29) is 18.3 Å². The maximum Gasteiger partial charge on any atom is 0.320 e. The summed E-state index contributed by atoms with van der Waals surface area (Å²) in [5.74, 6) is -0.728. The lowest BCUT2D eigenvalue weighted by atomic mass is 10.0. The van der Waals surface area contributed by atoms with E-state index < -0.39 is 10.4 Å². The third-order valence-corrected chi connectivity index (χ3v) is 2.53. The molecule has 0 rings (SSSR count). The summed E-state index contributed by atoms with van der Waals surface area (Å²) in [5.41, 5.74) is 4.66. The van der Waals surface area contributed by atoms with E-state index in [0.717, 1.165) is 0 Å². The van der Waals surface area contributed by atoms with Gasteiger partial charge in [0.1, 0.15) is 4.83 Å². The molecule has 0 spiro atoms. The second-order valence-corrected chi connectivity index (χ2v) is 5.00. The van der Waals surface area contributed by atoms with Gasteiger partial charge in [-0.05, 0) is 13.8 Å². The van der Waals surface area contributed by atoms with Crippen LogP contribution in [0.2, 0.25) is 0 Å².